The van der Waals surface area contributed by atoms with Crippen LogP contribution in [0.3, 0.4) is 0 Å². The lowest BCUT2D eigenvalue weighted by atomic mass is 10.2. The summed E-state index contributed by atoms with van der Waals surface area (Å²) in [4.78, 5) is 32.4. The SMILES string of the molecule is CCCC1CC1NC(=O)NC(=O)/C=C/C(=O)O. The average molecular weight is 240 g/mol. The molecule has 0 radical (unpaired) electrons. The predicted molar refractivity (Wildman–Crippen MR) is 60.3 cm³/mol. The van der Waals surface area contributed by atoms with Gasteiger partial charge in [0, 0.05) is 18.2 Å². The minimum Gasteiger partial charge on any atom is -0.478 e. The maximum atomic E-state index is 11.3. The second-order valence-corrected chi connectivity index (χ2v) is 4.03. The molecule has 0 saturated heterocycles. The Morgan fingerprint density at radius 2 is 2.06 bits per heavy atom. The molecule has 0 bridgehead atoms. The third-order valence-electron chi connectivity index (χ3n) is 2.51. The highest BCUT2D eigenvalue weighted by Crippen LogP contribution is 2.34. The van der Waals surface area contributed by atoms with Crippen molar-refractivity contribution in [2.24, 2.45) is 5.92 Å². The van der Waals surface area contributed by atoms with Crippen LogP contribution in [0.4, 0.5) is 4.79 Å². The molecule has 1 fully saturated rings. The lowest BCUT2D eigenvalue weighted by molar-refractivity contribution is -0.131. The first-order valence-electron chi connectivity index (χ1n) is 5.55. The molecule has 2 unspecified atom stereocenters. The molecule has 6 nitrogen and oxygen atoms in total. The molecule has 1 saturated carbocycles. The van der Waals surface area contributed by atoms with Gasteiger partial charge in [0.05, 0.1) is 0 Å². The zero-order valence-corrected chi connectivity index (χ0v) is 9.60. The second-order valence-electron chi connectivity index (χ2n) is 4.03. The number of carboxylic acid groups (broad SMARTS) is 1. The van der Waals surface area contributed by atoms with Crippen molar-refractivity contribution >= 4 is 17.9 Å². The van der Waals surface area contributed by atoms with E-state index < -0.39 is 17.9 Å². The third kappa shape index (κ3) is 5.14. The number of hydrogen-bond donors (Lipinski definition) is 3. The van der Waals surface area contributed by atoms with Crippen molar-refractivity contribution in [2.75, 3.05) is 0 Å². The Morgan fingerprint density at radius 1 is 1.35 bits per heavy atom. The van der Waals surface area contributed by atoms with Crippen LogP contribution in [0, 0.1) is 5.92 Å². The molecular formula is C11H16N2O4. The van der Waals surface area contributed by atoms with Crippen molar-refractivity contribution in [3.63, 3.8) is 0 Å². The van der Waals surface area contributed by atoms with Crippen LogP contribution in [-0.2, 0) is 9.59 Å². The molecule has 94 valence electrons. The number of aliphatic carboxylic acids is 1. The van der Waals surface area contributed by atoms with Crippen LogP contribution in [-0.4, -0.2) is 29.1 Å². The molecule has 0 aromatic heterocycles. The van der Waals surface area contributed by atoms with Gasteiger partial charge in [-0.2, -0.15) is 0 Å². The number of hydrogen-bond acceptors (Lipinski definition) is 3. The number of imide groups is 1. The molecule has 17 heavy (non-hydrogen) atoms. The van der Waals surface area contributed by atoms with Gasteiger partial charge in [0.25, 0.3) is 5.91 Å². The van der Waals surface area contributed by atoms with Crippen molar-refractivity contribution in [3.8, 4) is 0 Å². The summed E-state index contributed by atoms with van der Waals surface area (Å²) in [5.74, 6) is -1.46. The van der Waals surface area contributed by atoms with Crippen LogP contribution < -0.4 is 10.6 Å². The number of carbonyl (C=O) groups excluding carboxylic acids is 2. The van der Waals surface area contributed by atoms with Gasteiger partial charge in [-0.15, -0.1) is 0 Å². The highest BCUT2D eigenvalue weighted by atomic mass is 16.4. The molecule has 1 aliphatic rings. The molecule has 0 spiro atoms. The fraction of sp³-hybridized carbons (Fsp3) is 0.545. The summed E-state index contributed by atoms with van der Waals surface area (Å²) in [6.07, 6.45) is 4.57. The highest BCUT2D eigenvalue weighted by Gasteiger charge is 2.37. The Morgan fingerprint density at radius 3 is 2.65 bits per heavy atom. The Balaban J connectivity index is 2.22. The number of carbonyl (C=O) groups is 3. The molecule has 0 aliphatic heterocycles. The zero-order chi connectivity index (χ0) is 12.8. The number of urea groups is 1. The van der Waals surface area contributed by atoms with E-state index >= 15 is 0 Å². The van der Waals surface area contributed by atoms with Gasteiger partial charge >= 0.3 is 12.0 Å². The largest absolute Gasteiger partial charge is 0.478 e. The maximum Gasteiger partial charge on any atom is 0.328 e. The normalized spacial score (nSPS) is 22.2. The fourth-order valence-corrected chi connectivity index (χ4v) is 1.62. The van der Waals surface area contributed by atoms with E-state index in [2.05, 4.69) is 12.2 Å². The van der Waals surface area contributed by atoms with E-state index in [1.54, 1.807) is 0 Å². The summed E-state index contributed by atoms with van der Waals surface area (Å²) < 4.78 is 0. The topological polar surface area (TPSA) is 95.5 Å². The Kier molecular flexibility index (Phi) is 4.68. The van der Waals surface area contributed by atoms with E-state index in [0.29, 0.717) is 12.0 Å². The molecule has 0 heterocycles. The van der Waals surface area contributed by atoms with Gasteiger partial charge in [-0.05, 0) is 18.8 Å². The van der Waals surface area contributed by atoms with Gasteiger partial charge in [-0.25, -0.2) is 9.59 Å². The Labute approximate surface area is 99.1 Å². The summed E-state index contributed by atoms with van der Waals surface area (Å²) in [5.41, 5.74) is 0. The van der Waals surface area contributed by atoms with Gasteiger partial charge in [0.2, 0.25) is 0 Å². The van der Waals surface area contributed by atoms with Crippen molar-refractivity contribution in [2.45, 2.75) is 32.2 Å². The molecule has 2 atom stereocenters. The molecule has 3 amide bonds. The predicted octanol–water partition coefficient (Wildman–Crippen LogP) is 0.642. The van der Waals surface area contributed by atoms with Gasteiger partial charge in [0.1, 0.15) is 0 Å². The summed E-state index contributed by atoms with van der Waals surface area (Å²) in [6, 6.07) is -0.431. The Bertz CT molecular complexity index is 351. The van der Waals surface area contributed by atoms with Crippen LogP contribution in [0.2, 0.25) is 0 Å². The van der Waals surface area contributed by atoms with E-state index in [9.17, 15) is 14.4 Å². The monoisotopic (exact) mass is 240 g/mol. The van der Waals surface area contributed by atoms with E-state index in [-0.39, 0.29) is 6.04 Å². The maximum absolute atomic E-state index is 11.3. The molecule has 0 aromatic carbocycles. The van der Waals surface area contributed by atoms with Crippen molar-refractivity contribution in [1.29, 1.82) is 0 Å². The van der Waals surface area contributed by atoms with Gasteiger partial charge < -0.3 is 10.4 Å². The van der Waals surface area contributed by atoms with Crippen LogP contribution in [0.5, 0.6) is 0 Å². The molecular weight excluding hydrogens is 224 g/mol. The van der Waals surface area contributed by atoms with Crippen LogP contribution >= 0.6 is 0 Å². The van der Waals surface area contributed by atoms with Crippen LogP contribution in [0.25, 0.3) is 0 Å². The lowest BCUT2D eigenvalue weighted by Gasteiger charge is -2.03. The summed E-state index contributed by atoms with van der Waals surface area (Å²) >= 11 is 0. The molecule has 1 aliphatic carbocycles. The number of amides is 3. The molecule has 6 heteroatoms. The third-order valence-corrected chi connectivity index (χ3v) is 2.51. The van der Waals surface area contributed by atoms with Crippen LogP contribution in [0.1, 0.15) is 26.2 Å². The smallest absolute Gasteiger partial charge is 0.328 e. The number of rotatable bonds is 5. The van der Waals surface area contributed by atoms with E-state index in [1.807, 2.05) is 5.32 Å². The van der Waals surface area contributed by atoms with Gasteiger partial charge in [-0.1, -0.05) is 13.3 Å². The standard InChI is InChI=1S/C11H16N2O4/c1-2-3-7-6-8(7)12-11(17)13-9(14)4-5-10(15)16/h4-5,7-8H,2-3,6H2,1H3,(H,15,16)(H2,12,13,14,17)/b5-4+. The summed E-state index contributed by atoms with van der Waals surface area (Å²) in [5, 5.41) is 13.0. The van der Waals surface area contributed by atoms with E-state index in [4.69, 9.17) is 5.11 Å². The number of nitrogens with one attached hydrogen (secondary N) is 2. The molecule has 1 rings (SSSR count). The first-order valence-corrected chi connectivity index (χ1v) is 5.55. The average Bonchev–Trinajstić information content (AvgIpc) is 2.93. The van der Waals surface area contributed by atoms with Crippen LogP contribution in [0.15, 0.2) is 12.2 Å². The zero-order valence-electron chi connectivity index (χ0n) is 9.60. The molecule has 3 N–H and O–H groups in total. The minimum absolute atomic E-state index is 0.145. The first kappa shape index (κ1) is 13.2. The fourth-order valence-electron chi connectivity index (χ4n) is 1.62. The first-order chi connectivity index (χ1) is 8.02. The number of carboxylic acids is 1. The van der Waals surface area contributed by atoms with Gasteiger partial charge in [0.15, 0.2) is 0 Å². The second kappa shape index (κ2) is 6.03. The van der Waals surface area contributed by atoms with Crippen molar-refractivity contribution in [1.82, 2.24) is 10.6 Å². The summed E-state index contributed by atoms with van der Waals surface area (Å²) in [6.45, 7) is 2.08. The summed E-state index contributed by atoms with van der Waals surface area (Å²) in [7, 11) is 0. The molecule has 0 aromatic rings. The lowest BCUT2D eigenvalue weighted by Crippen LogP contribution is -2.40. The Hall–Kier alpha value is -1.85. The van der Waals surface area contributed by atoms with E-state index in [0.717, 1.165) is 25.3 Å². The highest BCUT2D eigenvalue weighted by molar-refractivity contribution is 6.02. The van der Waals surface area contributed by atoms with Gasteiger partial charge in [-0.3, -0.25) is 10.1 Å². The quantitative estimate of drug-likeness (QED) is 0.614. The van der Waals surface area contributed by atoms with Crippen molar-refractivity contribution in [3.05, 3.63) is 12.2 Å². The van der Waals surface area contributed by atoms with E-state index in [1.165, 1.54) is 0 Å². The minimum atomic E-state index is -1.23. The van der Waals surface area contributed by atoms with Crippen molar-refractivity contribution < 1.29 is 19.5 Å².